The summed E-state index contributed by atoms with van der Waals surface area (Å²) in [4.78, 5) is 0.483. The summed E-state index contributed by atoms with van der Waals surface area (Å²) in [5.74, 6) is -0.0283. The lowest BCUT2D eigenvalue weighted by Gasteiger charge is -2.06. The standard InChI is InChI=1S/C14H14FNOS/c1-10-2-4-11(5-3-10)9-18(17)14-7-6-12(15)8-13(14)16/h2-8H,9,16H2,1H3. The van der Waals surface area contributed by atoms with Crippen molar-refractivity contribution in [2.45, 2.75) is 17.6 Å². The fourth-order valence-corrected chi connectivity index (χ4v) is 2.83. The summed E-state index contributed by atoms with van der Waals surface area (Å²) in [5, 5.41) is 0. The third kappa shape index (κ3) is 2.96. The molecule has 2 nitrogen and oxygen atoms in total. The van der Waals surface area contributed by atoms with Crippen LogP contribution in [-0.2, 0) is 16.6 Å². The van der Waals surface area contributed by atoms with Crippen LogP contribution in [-0.4, -0.2) is 4.21 Å². The van der Waals surface area contributed by atoms with Crippen LogP contribution in [0.15, 0.2) is 47.4 Å². The average molecular weight is 263 g/mol. The Kier molecular flexibility index (Phi) is 3.77. The summed E-state index contributed by atoms with van der Waals surface area (Å²) < 4.78 is 25.0. The first-order valence-corrected chi connectivity index (χ1v) is 6.87. The molecule has 2 aromatic carbocycles. The smallest absolute Gasteiger partial charge is 0.125 e. The molecule has 0 aliphatic heterocycles. The maximum atomic E-state index is 12.9. The fourth-order valence-electron chi connectivity index (χ4n) is 1.64. The van der Waals surface area contributed by atoms with Gasteiger partial charge in [-0.2, -0.15) is 0 Å². The van der Waals surface area contributed by atoms with E-state index in [2.05, 4.69) is 0 Å². The lowest BCUT2D eigenvalue weighted by molar-refractivity contribution is 0.627. The Labute approximate surface area is 108 Å². The van der Waals surface area contributed by atoms with Gasteiger partial charge in [0.1, 0.15) is 5.82 Å². The van der Waals surface area contributed by atoms with Crippen LogP contribution in [0.2, 0.25) is 0 Å². The number of nitrogen functional groups attached to an aromatic ring is 1. The van der Waals surface area contributed by atoms with E-state index in [-0.39, 0.29) is 5.69 Å². The lowest BCUT2D eigenvalue weighted by atomic mass is 10.2. The van der Waals surface area contributed by atoms with Crippen LogP contribution in [0.3, 0.4) is 0 Å². The van der Waals surface area contributed by atoms with Gasteiger partial charge in [-0.25, -0.2) is 4.39 Å². The highest BCUT2D eigenvalue weighted by Crippen LogP contribution is 2.20. The summed E-state index contributed by atoms with van der Waals surface area (Å²) >= 11 is 0. The Morgan fingerprint density at radius 3 is 2.44 bits per heavy atom. The Bertz CT molecular complexity index is 581. The zero-order valence-electron chi connectivity index (χ0n) is 10.0. The molecule has 94 valence electrons. The number of halogens is 1. The van der Waals surface area contributed by atoms with Crippen LogP contribution in [0.4, 0.5) is 10.1 Å². The van der Waals surface area contributed by atoms with Crippen LogP contribution >= 0.6 is 0 Å². The molecular weight excluding hydrogens is 249 g/mol. The molecule has 0 bridgehead atoms. The van der Waals surface area contributed by atoms with Crippen LogP contribution in [0.5, 0.6) is 0 Å². The Morgan fingerprint density at radius 2 is 1.83 bits per heavy atom. The van der Waals surface area contributed by atoms with Gasteiger partial charge in [0.2, 0.25) is 0 Å². The second-order valence-corrected chi connectivity index (χ2v) is 5.58. The summed E-state index contributed by atoms with van der Waals surface area (Å²) in [6, 6.07) is 11.8. The number of benzene rings is 2. The molecule has 0 saturated carbocycles. The number of hydrogen-bond donors (Lipinski definition) is 1. The van der Waals surface area contributed by atoms with Gasteiger partial charge >= 0.3 is 0 Å². The summed E-state index contributed by atoms with van der Waals surface area (Å²) in [5.41, 5.74) is 8.04. The average Bonchev–Trinajstić information content (AvgIpc) is 2.32. The van der Waals surface area contributed by atoms with E-state index < -0.39 is 16.6 Å². The molecule has 2 rings (SSSR count). The highest BCUT2D eigenvalue weighted by Gasteiger charge is 2.09. The third-order valence-corrected chi connectivity index (χ3v) is 4.09. The minimum atomic E-state index is -1.25. The molecular formula is C14H14FNOS. The van der Waals surface area contributed by atoms with E-state index >= 15 is 0 Å². The van der Waals surface area contributed by atoms with Crippen molar-refractivity contribution in [1.29, 1.82) is 0 Å². The summed E-state index contributed by atoms with van der Waals surface area (Å²) in [6.07, 6.45) is 0. The lowest BCUT2D eigenvalue weighted by Crippen LogP contribution is -2.01. The minimum Gasteiger partial charge on any atom is -0.398 e. The van der Waals surface area contributed by atoms with Gasteiger partial charge in [0.05, 0.1) is 27.1 Å². The Hall–Kier alpha value is -1.68. The molecule has 0 heterocycles. The molecule has 1 atom stereocenters. The van der Waals surface area contributed by atoms with E-state index in [1.807, 2.05) is 31.2 Å². The molecule has 0 fully saturated rings. The van der Waals surface area contributed by atoms with Crippen molar-refractivity contribution in [2.24, 2.45) is 0 Å². The van der Waals surface area contributed by atoms with Gasteiger partial charge in [-0.15, -0.1) is 0 Å². The van der Waals surface area contributed by atoms with Gasteiger partial charge in [0.15, 0.2) is 0 Å². The van der Waals surface area contributed by atoms with Crippen molar-refractivity contribution in [3.05, 3.63) is 59.4 Å². The van der Waals surface area contributed by atoms with Crippen molar-refractivity contribution < 1.29 is 8.60 Å². The second-order valence-electron chi connectivity index (χ2n) is 4.16. The summed E-state index contributed by atoms with van der Waals surface area (Å²) in [6.45, 7) is 2.00. The molecule has 4 heteroatoms. The van der Waals surface area contributed by atoms with Gasteiger partial charge in [0, 0.05) is 0 Å². The highest BCUT2D eigenvalue weighted by molar-refractivity contribution is 7.84. The van der Waals surface area contributed by atoms with Crippen molar-refractivity contribution >= 4 is 16.5 Å². The predicted octanol–water partition coefficient (Wildman–Crippen LogP) is 3.02. The Morgan fingerprint density at radius 1 is 1.17 bits per heavy atom. The van der Waals surface area contributed by atoms with E-state index in [1.165, 1.54) is 18.2 Å². The zero-order chi connectivity index (χ0) is 13.1. The Balaban J connectivity index is 2.19. The zero-order valence-corrected chi connectivity index (χ0v) is 10.8. The highest BCUT2D eigenvalue weighted by atomic mass is 32.2. The number of aryl methyl sites for hydroxylation is 1. The predicted molar refractivity (Wildman–Crippen MR) is 72.1 cm³/mol. The number of hydrogen-bond acceptors (Lipinski definition) is 2. The van der Waals surface area contributed by atoms with E-state index in [9.17, 15) is 8.60 Å². The first-order chi connectivity index (χ1) is 8.56. The van der Waals surface area contributed by atoms with Crippen molar-refractivity contribution in [2.75, 3.05) is 5.73 Å². The minimum absolute atomic E-state index is 0.237. The van der Waals surface area contributed by atoms with Crippen LogP contribution in [0.25, 0.3) is 0 Å². The van der Waals surface area contributed by atoms with E-state index in [0.717, 1.165) is 11.1 Å². The maximum absolute atomic E-state index is 12.9. The molecule has 0 spiro atoms. The van der Waals surface area contributed by atoms with Gasteiger partial charge < -0.3 is 5.73 Å². The molecule has 0 amide bonds. The molecule has 0 aromatic heterocycles. The number of anilines is 1. The molecule has 0 saturated heterocycles. The van der Waals surface area contributed by atoms with E-state index in [0.29, 0.717) is 10.6 Å². The van der Waals surface area contributed by atoms with E-state index in [1.54, 1.807) is 0 Å². The molecule has 2 N–H and O–H groups in total. The van der Waals surface area contributed by atoms with Crippen molar-refractivity contribution in [3.63, 3.8) is 0 Å². The second kappa shape index (κ2) is 5.31. The van der Waals surface area contributed by atoms with Crippen molar-refractivity contribution in [3.8, 4) is 0 Å². The fraction of sp³-hybridized carbons (Fsp3) is 0.143. The van der Waals surface area contributed by atoms with Crippen LogP contribution in [0, 0.1) is 12.7 Å². The van der Waals surface area contributed by atoms with E-state index in [4.69, 9.17) is 5.73 Å². The number of rotatable bonds is 3. The van der Waals surface area contributed by atoms with Gasteiger partial charge in [-0.1, -0.05) is 29.8 Å². The topological polar surface area (TPSA) is 43.1 Å². The first-order valence-electron chi connectivity index (χ1n) is 5.55. The monoisotopic (exact) mass is 263 g/mol. The van der Waals surface area contributed by atoms with Crippen LogP contribution in [0.1, 0.15) is 11.1 Å². The molecule has 18 heavy (non-hydrogen) atoms. The van der Waals surface area contributed by atoms with Crippen LogP contribution < -0.4 is 5.73 Å². The van der Waals surface area contributed by atoms with Gasteiger partial charge in [-0.3, -0.25) is 4.21 Å². The first kappa shape index (κ1) is 12.8. The molecule has 0 aliphatic rings. The third-order valence-electron chi connectivity index (χ3n) is 2.64. The molecule has 1 unspecified atom stereocenters. The number of nitrogens with two attached hydrogens (primary N) is 1. The molecule has 0 radical (unpaired) electrons. The summed E-state index contributed by atoms with van der Waals surface area (Å²) in [7, 11) is -1.25. The quantitative estimate of drug-likeness (QED) is 0.865. The molecule has 0 aliphatic carbocycles. The molecule has 2 aromatic rings. The normalized spacial score (nSPS) is 12.3. The van der Waals surface area contributed by atoms with Crippen molar-refractivity contribution in [1.82, 2.24) is 0 Å². The SMILES string of the molecule is Cc1ccc(CS(=O)c2ccc(F)cc2N)cc1. The van der Waals surface area contributed by atoms with Gasteiger partial charge in [0.25, 0.3) is 0 Å². The largest absolute Gasteiger partial charge is 0.398 e. The maximum Gasteiger partial charge on any atom is 0.125 e. The van der Waals surface area contributed by atoms with Gasteiger partial charge in [-0.05, 0) is 30.7 Å².